The van der Waals surface area contributed by atoms with E-state index in [-0.39, 0.29) is 11.7 Å². The van der Waals surface area contributed by atoms with E-state index in [2.05, 4.69) is 14.6 Å². The summed E-state index contributed by atoms with van der Waals surface area (Å²) >= 11 is 3.17. The molecule has 0 aliphatic carbocycles. The Morgan fingerprint density at radius 2 is 1.79 bits per heavy atom. The third-order valence-corrected chi connectivity index (χ3v) is 6.94. The standard InChI is InChI=1S/C23H22F3N3O2S2/c24-23(25,26)31-19-7-5-17(6-8-19)13-28-9-11-29(12-10-28)22(30)20-3-1-2-4-21(20)33-15-18-14-32-16-27-18/h1-8,14,16H,9-13,15H2. The molecule has 3 aromatic rings. The molecular formula is C23H22F3N3O2S2. The number of rotatable bonds is 7. The van der Waals surface area contributed by atoms with Gasteiger partial charge in [-0.15, -0.1) is 36.3 Å². The number of nitrogens with zero attached hydrogens (tertiary/aromatic N) is 3. The van der Waals surface area contributed by atoms with Gasteiger partial charge in [0.15, 0.2) is 0 Å². The fraction of sp³-hybridized carbons (Fsp3) is 0.304. The number of alkyl halides is 3. The van der Waals surface area contributed by atoms with E-state index in [1.54, 1.807) is 40.7 Å². The molecule has 10 heteroatoms. The summed E-state index contributed by atoms with van der Waals surface area (Å²) in [6.45, 7) is 3.19. The fourth-order valence-electron chi connectivity index (χ4n) is 3.56. The zero-order valence-electron chi connectivity index (χ0n) is 17.6. The number of carbonyl (C=O) groups is 1. The number of thiazole rings is 1. The minimum absolute atomic E-state index is 0.0182. The first-order chi connectivity index (χ1) is 15.9. The van der Waals surface area contributed by atoms with Gasteiger partial charge in [0.25, 0.3) is 5.91 Å². The van der Waals surface area contributed by atoms with Crippen LogP contribution in [0.3, 0.4) is 0 Å². The molecule has 2 heterocycles. The third kappa shape index (κ3) is 6.72. The van der Waals surface area contributed by atoms with Crippen LogP contribution in [0.2, 0.25) is 0 Å². The van der Waals surface area contributed by atoms with Crippen molar-refractivity contribution in [3.8, 4) is 5.75 Å². The molecule has 1 fully saturated rings. The number of hydrogen-bond acceptors (Lipinski definition) is 6. The van der Waals surface area contributed by atoms with Crippen LogP contribution in [0.25, 0.3) is 0 Å². The first-order valence-corrected chi connectivity index (χ1v) is 12.3. The summed E-state index contributed by atoms with van der Waals surface area (Å²) in [5, 5.41) is 2.01. The average molecular weight is 494 g/mol. The minimum Gasteiger partial charge on any atom is -0.406 e. The molecule has 1 aromatic heterocycles. The molecule has 1 saturated heterocycles. The van der Waals surface area contributed by atoms with Crippen LogP contribution >= 0.6 is 23.1 Å². The van der Waals surface area contributed by atoms with Crippen molar-refractivity contribution < 1.29 is 22.7 Å². The average Bonchev–Trinajstić information content (AvgIpc) is 3.32. The summed E-state index contributed by atoms with van der Waals surface area (Å²) in [5.74, 6) is 0.506. The predicted octanol–water partition coefficient (Wildman–Crippen LogP) is 5.29. The van der Waals surface area contributed by atoms with Crippen molar-refractivity contribution in [2.75, 3.05) is 26.2 Å². The number of aromatic nitrogens is 1. The second kappa shape index (κ2) is 10.6. The van der Waals surface area contributed by atoms with Crippen molar-refractivity contribution in [2.45, 2.75) is 23.6 Å². The number of halogens is 3. The van der Waals surface area contributed by atoms with Crippen LogP contribution in [0.1, 0.15) is 21.6 Å². The normalized spacial score (nSPS) is 14.9. The van der Waals surface area contributed by atoms with Crippen molar-refractivity contribution >= 4 is 29.0 Å². The highest BCUT2D eigenvalue weighted by molar-refractivity contribution is 7.98. The van der Waals surface area contributed by atoms with Crippen LogP contribution in [-0.4, -0.2) is 53.2 Å². The molecule has 4 rings (SSSR count). The molecular weight excluding hydrogens is 471 g/mol. The number of ether oxygens (including phenoxy) is 1. The minimum atomic E-state index is -4.69. The Hall–Kier alpha value is -2.56. The van der Waals surface area contributed by atoms with Crippen molar-refractivity contribution in [1.29, 1.82) is 0 Å². The molecule has 0 N–H and O–H groups in total. The smallest absolute Gasteiger partial charge is 0.406 e. The number of carbonyl (C=O) groups excluding carboxylic acids is 1. The molecule has 1 aliphatic rings. The summed E-state index contributed by atoms with van der Waals surface area (Å²) in [4.78, 5) is 22.5. The molecule has 0 spiro atoms. The van der Waals surface area contributed by atoms with Crippen LogP contribution in [0.15, 0.2) is 64.3 Å². The van der Waals surface area contributed by atoms with E-state index >= 15 is 0 Å². The molecule has 5 nitrogen and oxygen atoms in total. The topological polar surface area (TPSA) is 45.7 Å². The Kier molecular flexibility index (Phi) is 7.56. The molecule has 1 amide bonds. The van der Waals surface area contributed by atoms with Gasteiger partial charge in [-0.1, -0.05) is 24.3 Å². The molecule has 33 heavy (non-hydrogen) atoms. The van der Waals surface area contributed by atoms with Gasteiger partial charge in [-0.25, -0.2) is 4.98 Å². The van der Waals surface area contributed by atoms with E-state index in [1.807, 2.05) is 34.5 Å². The lowest BCUT2D eigenvalue weighted by atomic mass is 10.1. The summed E-state index contributed by atoms with van der Waals surface area (Å²) in [7, 11) is 0. The maximum Gasteiger partial charge on any atom is 0.573 e. The summed E-state index contributed by atoms with van der Waals surface area (Å²) in [5.41, 5.74) is 4.40. The largest absolute Gasteiger partial charge is 0.573 e. The first kappa shape index (κ1) is 23.6. The van der Waals surface area contributed by atoms with Gasteiger partial charge < -0.3 is 9.64 Å². The molecule has 0 saturated carbocycles. The zero-order chi connectivity index (χ0) is 23.3. The lowest BCUT2D eigenvalue weighted by Crippen LogP contribution is -2.48. The second-order valence-electron chi connectivity index (χ2n) is 7.52. The summed E-state index contributed by atoms with van der Waals surface area (Å²) in [6, 6.07) is 13.6. The maximum absolute atomic E-state index is 13.2. The Bertz CT molecular complexity index is 1050. The maximum atomic E-state index is 13.2. The van der Waals surface area contributed by atoms with E-state index in [0.29, 0.717) is 44.0 Å². The van der Waals surface area contributed by atoms with E-state index in [4.69, 9.17) is 0 Å². The van der Waals surface area contributed by atoms with Crippen LogP contribution in [0.4, 0.5) is 13.2 Å². The second-order valence-corrected chi connectivity index (χ2v) is 9.26. The van der Waals surface area contributed by atoms with Gasteiger partial charge in [0.2, 0.25) is 0 Å². The van der Waals surface area contributed by atoms with Crippen molar-refractivity contribution in [2.24, 2.45) is 0 Å². The highest BCUT2D eigenvalue weighted by Gasteiger charge is 2.31. The summed E-state index contributed by atoms with van der Waals surface area (Å²) < 4.78 is 40.8. The summed E-state index contributed by atoms with van der Waals surface area (Å²) in [6.07, 6.45) is -4.69. The van der Waals surface area contributed by atoms with Gasteiger partial charge in [0.1, 0.15) is 5.75 Å². The van der Waals surface area contributed by atoms with Crippen molar-refractivity contribution in [3.05, 3.63) is 76.2 Å². The molecule has 0 atom stereocenters. The van der Waals surface area contributed by atoms with Gasteiger partial charge in [-0.3, -0.25) is 9.69 Å². The highest BCUT2D eigenvalue weighted by atomic mass is 32.2. The fourth-order valence-corrected chi connectivity index (χ4v) is 5.17. The number of amides is 1. The first-order valence-electron chi connectivity index (χ1n) is 10.3. The Morgan fingerprint density at radius 1 is 1.06 bits per heavy atom. The monoisotopic (exact) mass is 493 g/mol. The van der Waals surface area contributed by atoms with Crippen LogP contribution < -0.4 is 4.74 Å². The molecule has 0 unspecified atom stereocenters. The van der Waals surface area contributed by atoms with Crippen LogP contribution in [-0.2, 0) is 12.3 Å². The Morgan fingerprint density at radius 3 is 2.45 bits per heavy atom. The SMILES string of the molecule is O=C(c1ccccc1SCc1cscn1)N1CCN(Cc2ccc(OC(F)(F)F)cc2)CC1. The molecule has 0 bridgehead atoms. The zero-order valence-corrected chi connectivity index (χ0v) is 19.3. The van der Waals surface area contributed by atoms with Crippen molar-refractivity contribution in [1.82, 2.24) is 14.8 Å². The van der Waals surface area contributed by atoms with E-state index in [0.717, 1.165) is 16.2 Å². The molecule has 0 radical (unpaired) electrons. The Labute approximate surface area is 198 Å². The van der Waals surface area contributed by atoms with Crippen LogP contribution in [0, 0.1) is 0 Å². The predicted molar refractivity (Wildman–Crippen MR) is 122 cm³/mol. The van der Waals surface area contributed by atoms with Crippen LogP contribution in [0.5, 0.6) is 5.75 Å². The number of hydrogen-bond donors (Lipinski definition) is 0. The Balaban J connectivity index is 1.30. The molecule has 2 aromatic carbocycles. The lowest BCUT2D eigenvalue weighted by molar-refractivity contribution is -0.274. The van der Waals surface area contributed by atoms with E-state index in [1.165, 1.54) is 12.1 Å². The van der Waals surface area contributed by atoms with Gasteiger partial charge in [-0.2, -0.15) is 0 Å². The van der Waals surface area contributed by atoms with Gasteiger partial charge >= 0.3 is 6.36 Å². The van der Waals surface area contributed by atoms with E-state index < -0.39 is 6.36 Å². The molecule has 174 valence electrons. The van der Waals surface area contributed by atoms with E-state index in [9.17, 15) is 18.0 Å². The number of thioether (sulfide) groups is 1. The van der Waals surface area contributed by atoms with Gasteiger partial charge in [-0.05, 0) is 29.8 Å². The third-order valence-electron chi connectivity index (χ3n) is 5.20. The van der Waals surface area contributed by atoms with Gasteiger partial charge in [0.05, 0.1) is 16.8 Å². The lowest BCUT2D eigenvalue weighted by Gasteiger charge is -2.35. The number of piperazine rings is 1. The highest BCUT2D eigenvalue weighted by Crippen LogP contribution is 2.28. The quantitative estimate of drug-likeness (QED) is 0.419. The van der Waals surface area contributed by atoms with Crippen molar-refractivity contribution in [3.63, 3.8) is 0 Å². The van der Waals surface area contributed by atoms with Gasteiger partial charge in [0, 0.05) is 48.8 Å². The number of benzene rings is 2. The molecule has 1 aliphatic heterocycles.